The third-order valence-electron chi connectivity index (χ3n) is 6.14. The van der Waals surface area contributed by atoms with Gasteiger partial charge in [0.1, 0.15) is 12.7 Å². The largest absolute Gasteiger partial charge is 0.474 e. The van der Waals surface area contributed by atoms with Crippen LogP contribution in [0.5, 0.6) is 5.88 Å². The van der Waals surface area contributed by atoms with E-state index in [0.29, 0.717) is 36.7 Å². The van der Waals surface area contributed by atoms with Gasteiger partial charge in [-0.05, 0) is 30.7 Å². The minimum Gasteiger partial charge on any atom is -0.474 e. The van der Waals surface area contributed by atoms with Crippen LogP contribution in [0.25, 0.3) is 11.3 Å². The lowest BCUT2D eigenvalue weighted by Crippen LogP contribution is -2.48. The van der Waals surface area contributed by atoms with E-state index < -0.39 is 30.5 Å². The molecule has 0 radical (unpaired) electrons. The quantitative estimate of drug-likeness (QED) is 0.457. The van der Waals surface area contributed by atoms with Gasteiger partial charge in [-0.3, -0.25) is 15.2 Å². The van der Waals surface area contributed by atoms with Crippen LogP contribution in [-0.2, 0) is 6.18 Å². The molecule has 0 spiro atoms. The predicted molar refractivity (Wildman–Crippen MR) is 127 cm³/mol. The molecular weight excluding hydrogens is 493 g/mol. The van der Waals surface area contributed by atoms with Crippen molar-refractivity contribution in [3.8, 4) is 17.1 Å². The lowest BCUT2D eigenvalue weighted by atomic mass is 10.1. The van der Waals surface area contributed by atoms with Crippen molar-refractivity contribution in [1.82, 2.24) is 15.0 Å². The molecule has 194 valence electrons. The van der Waals surface area contributed by atoms with E-state index in [1.807, 2.05) is 0 Å². The Morgan fingerprint density at radius 1 is 1.22 bits per heavy atom. The zero-order chi connectivity index (χ0) is 26.2. The minimum atomic E-state index is -4.49. The van der Waals surface area contributed by atoms with Gasteiger partial charge in [-0.2, -0.15) is 18.2 Å². The molecule has 2 aliphatic heterocycles. The van der Waals surface area contributed by atoms with Crippen molar-refractivity contribution >= 4 is 23.4 Å². The molecule has 1 aromatic carbocycles. The third-order valence-corrected chi connectivity index (χ3v) is 6.14. The van der Waals surface area contributed by atoms with Gasteiger partial charge in [0.05, 0.1) is 42.0 Å². The van der Waals surface area contributed by atoms with Gasteiger partial charge in [-0.15, -0.1) is 0 Å². The van der Waals surface area contributed by atoms with Gasteiger partial charge in [0.25, 0.3) is 0 Å². The van der Waals surface area contributed by atoms with Crippen molar-refractivity contribution < 1.29 is 32.9 Å². The number of fused-ring (bicyclic) bond motifs is 4. The average Bonchev–Trinajstić information content (AvgIpc) is 3.31. The summed E-state index contributed by atoms with van der Waals surface area (Å²) in [6.45, 7) is 0.621. The van der Waals surface area contributed by atoms with E-state index in [0.717, 1.165) is 12.1 Å². The number of anilines is 3. The van der Waals surface area contributed by atoms with Crippen molar-refractivity contribution in [2.45, 2.75) is 24.7 Å². The number of nitrogens with one attached hydrogen (secondary N) is 1. The average molecular weight is 516 g/mol. The number of aliphatic hydroxyl groups excluding tert-OH is 2. The molecule has 1 fully saturated rings. The molecule has 0 aliphatic carbocycles. The van der Waals surface area contributed by atoms with E-state index >= 15 is 0 Å². The number of alkyl halides is 3. The number of halogens is 3. The van der Waals surface area contributed by atoms with Crippen LogP contribution in [0.2, 0.25) is 0 Å². The summed E-state index contributed by atoms with van der Waals surface area (Å²) in [4.78, 5) is 29.7. The number of benzene rings is 1. The van der Waals surface area contributed by atoms with Crippen LogP contribution in [0, 0.1) is 0 Å². The Morgan fingerprint density at radius 3 is 2.84 bits per heavy atom. The van der Waals surface area contributed by atoms with E-state index in [-0.39, 0.29) is 29.9 Å². The van der Waals surface area contributed by atoms with E-state index in [9.17, 15) is 23.1 Å². The highest BCUT2D eigenvalue weighted by Gasteiger charge is 2.40. The van der Waals surface area contributed by atoms with E-state index in [2.05, 4.69) is 25.2 Å². The summed E-state index contributed by atoms with van der Waals surface area (Å²) in [5.41, 5.74) is 0.519. The Labute approximate surface area is 209 Å². The third kappa shape index (κ3) is 5.13. The number of aromatic nitrogens is 3. The van der Waals surface area contributed by atoms with Crippen LogP contribution in [0.15, 0.2) is 48.8 Å². The molecule has 0 unspecified atom stereocenters. The molecule has 13 heteroatoms. The summed E-state index contributed by atoms with van der Waals surface area (Å²) >= 11 is 0. The van der Waals surface area contributed by atoms with Gasteiger partial charge in [-0.25, -0.2) is 9.78 Å². The first-order valence-corrected chi connectivity index (χ1v) is 11.5. The molecule has 2 atom stereocenters. The Morgan fingerprint density at radius 2 is 2.05 bits per heavy atom. The predicted octanol–water partition coefficient (Wildman–Crippen LogP) is 2.92. The first-order valence-electron chi connectivity index (χ1n) is 11.5. The maximum atomic E-state index is 13.4. The summed E-state index contributed by atoms with van der Waals surface area (Å²) in [7, 11) is 0. The second-order valence-corrected chi connectivity index (χ2v) is 8.70. The molecule has 1 saturated heterocycles. The molecule has 37 heavy (non-hydrogen) atoms. The maximum Gasteiger partial charge on any atom is 0.416 e. The summed E-state index contributed by atoms with van der Waals surface area (Å²) < 4.78 is 45.0. The van der Waals surface area contributed by atoms with Crippen molar-refractivity contribution in [2.24, 2.45) is 0 Å². The van der Waals surface area contributed by atoms with Crippen molar-refractivity contribution in [2.75, 3.05) is 41.4 Å². The van der Waals surface area contributed by atoms with E-state index in [4.69, 9.17) is 9.84 Å². The number of amides is 2. The van der Waals surface area contributed by atoms with Gasteiger partial charge >= 0.3 is 12.2 Å². The van der Waals surface area contributed by atoms with E-state index in [1.54, 1.807) is 18.2 Å². The van der Waals surface area contributed by atoms with Gasteiger partial charge in [0, 0.05) is 18.7 Å². The Hall–Kier alpha value is -3.97. The van der Waals surface area contributed by atoms with Crippen LogP contribution < -0.4 is 19.9 Å². The molecule has 3 N–H and O–H groups in total. The number of pyridine rings is 1. The molecule has 5 rings (SSSR count). The molecule has 2 amide bonds. The zero-order valence-electron chi connectivity index (χ0n) is 19.4. The summed E-state index contributed by atoms with van der Waals surface area (Å²) in [6, 6.07) is 7.59. The minimum absolute atomic E-state index is 0.0429. The number of rotatable bonds is 6. The van der Waals surface area contributed by atoms with Crippen LogP contribution in [0.1, 0.15) is 12.0 Å². The van der Waals surface area contributed by atoms with Crippen LogP contribution in [-0.4, -0.2) is 69.6 Å². The Balaban J connectivity index is 1.42. The van der Waals surface area contributed by atoms with Gasteiger partial charge in [-0.1, -0.05) is 12.1 Å². The number of nitrogens with zero attached hydrogens (tertiary/aromatic N) is 5. The molecule has 2 bridgehead atoms. The van der Waals surface area contributed by atoms with Crippen molar-refractivity contribution in [3.05, 3.63) is 54.4 Å². The van der Waals surface area contributed by atoms with Crippen LogP contribution in [0.4, 0.5) is 35.3 Å². The number of carbonyl (C=O) groups is 1. The lowest BCUT2D eigenvalue weighted by molar-refractivity contribution is -0.137. The number of carbonyl (C=O) groups excluding carboxylic acids is 1. The van der Waals surface area contributed by atoms with Gasteiger partial charge in [0.2, 0.25) is 5.88 Å². The number of aliphatic hydroxyl groups is 2. The van der Waals surface area contributed by atoms with Gasteiger partial charge < -0.3 is 19.8 Å². The van der Waals surface area contributed by atoms with Crippen molar-refractivity contribution in [1.29, 1.82) is 0 Å². The molecule has 4 heterocycles. The normalized spacial score (nSPS) is 17.4. The number of ether oxygens (including phenoxy) is 1. The maximum absolute atomic E-state index is 13.4. The molecular formula is C24H23F3N6O4. The first kappa shape index (κ1) is 24.7. The molecule has 0 saturated carbocycles. The van der Waals surface area contributed by atoms with Crippen molar-refractivity contribution in [3.63, 3.8) is 0 Å². The SMILES string of the molecule is O=C(Nc1cncc(OC[C@@H](O)CO)n1)N1c2nc(-c3cccc(C(F)(F)F)c3)ccc2N2CC[C@H]1C2. The lowest BCUT2D eigenvalue weighted by Gasteiger charge is -2.35. The topological polar surface area (TPSA) is 124 Å². The zero-order valence-corrected chi connectivity index (χ0v) is 19.4. The number of hydrogen-bond acceptors (Lipinski definition) is 8. The summed E-state index contributed by atoms with van der Waals surface area (Å²) in [6.07, 6.45) is -2.26. The van der Waals surface area contributed by atoms with Gasteiger partial charge in [0.15, 0.2) is 11.6 Å². The molecule has 2 aliphatic rings. The molecule has 2 aromatic heterocycles. The second kappa shape index (κ2) is 9.82. The highest BCUT2D eigenvalue weighted by molar-refractivity contribution is 6.04. The summed E-state index contributed by atoms with van der Waals surface area (Å²) in [5, 5.41) is 21.0. The van der Waals surface area contributed by atoms with Crippen LogP contribution in [0.3, 0.4) is 0 Å². The van der Waals surface area contributed by atoms with Crippen LogP contribution >= 0.6 is 0 Å². The fourth-order valence-corrected chi connectivity index (χ4v) is 4.37. The highest BCUT2D eigenvalue weighted by atomic mass is 19.4. The highest BCUT2D eigenvalue weighted by Crippen LogP contribution is 2.41. The summed E-state index contributed by atoms with van der Waals surface area (Å²) in [5.74, 6) is 0.478. The standard InChI is InChI=1S/C24H23F3N6O4/c25-24(26,27)15-3-1-2-14(8-15)18-4-5-19-22(29-18)33(16-6-7-32(19)11-16)23(36)31-20-9-28-10-21(30-20)37-13-17(35)12-34/h1-5,8-10,16-17,34-35H,6-7,11-13H2,(H,30,31,36)/t16-,17-/m0/s1. The second-order valence-electron chi connectivity index (χ2n) is 8.70. The molecule has 10 nitrogen and oxygen atoms in total. The van der Waals surface area contributed by atoms with E-state index in [1.165, 1.54) is 23.4 Å². The fourth-order valence-electron chi connectivity index (χ4n) is 4.37. The number of hydrogen-bond donors (Lipinski definition) is 3. The molecule has 3 aromatic rings. The smallest absolute Gasteiger partial charge is 0.416 e. The first-order chi connectivity index (χ1) is 17.7. The monoisotopic (exact) mass is 516 g/mol. The Kier molecular flexibility index (Phi) is 6.56. The number of urea groups is 1. The Bertz CT molecular complexity index is 1310. The fraction of sp³-hybridized carbons (Fsp3) is 0.333.